The van der Waals surface area contributed by atoms with E-state index in [2.05, 4.69) is 29.7 Å². The summed E-state index contributed by atoms with van der Waals surface area (Å²) in [5.74, 6) is -0.435. The second-order valence-corrected chi connectivity index (χ2v) is 6.87. The molecule has 1 aliphatic carbocycles. The van der Waals surface area contributed by atoms with Crippen molar-refractivity contribution < 1.29 is 9.59 Å². The Labute approximate surface area is 155 Å². The molecule has 4 nitrogen and oxygen atoms in total. The predicted molar refractivity (Wildman–Crippen MR) is 104 cm³/mol. The van der Waals surface area contributed by atoms with Crippen LogP contribution in [0, 0.1) is 11.8 Å². The van der Waals surface area contributed by atoms with Crippen LogP contribution in [0.1, 0.15) is 30.9 Å². The van der Waals surface area contributed by atoms with E-state index in [0.29, 0.717) is 13.0 Å². The molecule has 26 heavy (non-hydrogen) atoms. The molecule has 3 rings (SSSR count). The Morgan fingerprint density at radius 1 is 0.923 bits per heavy atom. The van der Waals surface area contributed by atoms with E-state index >= 15 is 0 Å². The van der Waals surface area contributed by atoms with Gasteiger partial charge >= 0.3 is 0 Å². The molecule has 1 fully saturated rings. The molecule has 0 aliphatic heterocycles. The molecule has 0 saturated heterocycles. The van der Waals surface area contributed by atoms with Crippen molar-refractivity contribution >= 4 is 17.5 Å². The molecule has 0 aromatic heterocycles. The third kappa shape index (κ3) is 4.94. The molecule has 1 aliphatic rings. The van der Waals surface area contributed by atoms with E-state index in [1.807, 2.05) is 42.5 Å². The van der Waals surface area contributed by atoms with Gasteiger partial charge < -0.3 is 10.6 Å². The summed E-state index contributed by atoms with van der Waals surface area (Å²) >= 11 is 0. The number of benzene rings is 2. The minimum Gasteiger partial charge on any atom is -0.356 e. The number of aryl methyl sites for hydroxylation is 2. The average molecular weight is 350 g/mol. The highest BCUT2D eigenvalue weighted by molar-refractivity contribution is 5.99. The molecule has 4 heteroatoms. The van der Waals surface area contributed by atoms with Crippen LogP contribution >= 0.6 is 0 Å². The van der Waals surface area contributed by atoms with Crippen molar-refractivity contribution in [3.63, 3.8) is 0 Å². The predicted octanol–water partition coefficient (Wildman–Crippen LogP) is 3.57. The Balaban J connectivity index is 1.37. The zero-order chi connectivity index (χ0) is 18.4. The summed E-state index contributed by atoms with van der Waals surface area (Å²) in [6, 6.07) is 18.1. The van der Waals surface area contributed by atoms with Crippen LogP contribution in [-0.2, 0) is 22.4 Å². The lowest BCUT2D eigenvalue weighted by molar-refractivity contribution is -0.125. The third-order valence-electron chi connectivity index (χ3n) is 4.88. The lowest BCUT2D eigenvalue weighted by atomic mass is 10.1. The van der Waals surface area contributed by atoms with Crippen molar-refractivity contribution in [3.05, 3.63) is 65.7 Å². The SMILES string of the molecule is CCc1ccc(NC(=O)C2CC2C(=O)NCCCc2ccccc2)cc1. The quantitative estimate of drug-likeness (QED) is 0.715. The Bertz CT molecular complexity index is 740. The fourth-order valence-corrected chi connectivity index (χ4v) is 3.11. The Kier molecular flexibility index (Phi) is 6.05. The largest absolute Gasteiger partial charge is 0.356 e. The number of nitrogens with one attached hydrogen (secondary N) is 2. The topological polar surface area (TPSA) is 58.2 Å². The van der Waals surface area contributed by atoms with Crippen LogP contribution in [0.25, 0.3) is 0 Å². The minimum absolute atomic E-state index is 0.000424. The number of amides is 2. The van der Waals surface area contributed by atoms with E-state index in [1.165, 1.54) is 11.1 Å². The van der Waals surface area contributed by atoms with Gasteiger partial charge in [0, 0.05) is 12.2 Å². The monoisotopic (exact) mass is 350 g/mol. The molecule has 136 valence electrons. The molecule has 2 N–H and O–H groups in total. The molecule has 2 atom stereocenters. The van der Waals surface area contributed by atoms with Crippen LogP contribution in [0.5, 0.6) is 0 Å². The van der Waals surface area contributed by atoms with Gasteiger partial charge in [0.05, 0.1) is 11.8 Å². The molecule has 1 saturated carbocycles. The van der Waals surface area contributed by atoms with Crippen molar-refractivity contribution in [1.82, 2.24) is 5.32 Å². The molecule has 2 aromatic rings. The van der Waals surface area contributed by atoms with E-state index in [4.69, 9.17) is 0 Å². The first-order valence-electron chi connectivity index (χ1n) is 9.39. The summed E-state index contributed by atoms with van der Waals surface area (Å²) in [6.45, 7) is 2.75. The maximum absolute atomic E-state index is 12.3. The van der Waals surface area contributed by atoms with E-state index < -0.39 is 0 Å². The minimum atomic E-state index is -0.199. The fraction of sp³-hybridized carbons (Fsp3) is 0.364. The van der Waals surface area contributed by atoms with Crippen molar-refractivity contribution in [2.45, 2.75) is 32.6 Å². The first kappa shape index (κ1) is 18.2. The van der Waals surface area contributed by atoms with Crippen LogP contribution in [0.2, 0.25) is 0 Å². The van der Waals surface area contributed by atoms with Crippen LogP contribution < -0.4 is 10.6 Å². The van der Waals surface area contributed by atoms with Crippen LogP contribution in [0.4, 0.5) is 5.69 Å². The lowest BCUT2D eigenvalue weighted by Crippen LogP contribution is -2.28. The van der Waals surface area contributed by atoms with Gasteiger partial charge in [-0.15, -0.1) is 0 Å². The molecular weight excluding hydrogens is 324 g/mol. The average Bonchev–Trinajstić information content (AvgIpc) is 3.48. The van der Waals surface area contributed by atoms with Crippen molar-refractivity contribution in [2.75, 3.05) is 11.9 Å². The normalized spacial score (nSPS) is 18.2. The second kappa shape index (κ2) is 8.65. The fourth-order valence-electron chi connectivity index (χ4n) is 3.11. The number of rotatable bonds is 8. The number of carbonyl (C=O) groups is 2. The zero-order valence-corrected chi connectivity index (χ0v) is 15.2. The highest BCUT2D eigenvalue weighted by Crippen LogP contribution is 2.39. The van der Waals surface area contributed by atoms with E-state index in [-0.39, 0.29) is 23.7 Å². The zero-order valence-electron chi connectivity index (χ0n) is 15.2. The maximum Gasteiger partial charge on any atom is 0.228 e. The molecule has 0 heterocycles. The lowest BCUT2D eigenvalue weighted by Gasteiger charge is -2.07. The summed E-state index contributed by atoms with van der Waals surface area (Å²) in [5.41, 5.74) is 3.31. The molecular formula is C22H26N2O2. The van der Waals surface area contributed by atoms with E-state index in [1.54, 1.807) is 0 Å². The number of anilines is 1. The molecule has 0 spiro atoms. The molecule has 2 amide bonds. The smallest absolute Gasteiger partial charge is 0.228 e. The standard InChI is InChI=1S/C22H26N2O2/c1-2-16-10-12-18(13-11-16)24-22(26)20-15-19(20)21(25)23-14-6-9-17-7-4-3-5-8-17/h3-5,7-8,10-13,19-20H,2,6,9,14-15H2,1H3,(H,23,25)(H,24,26). The van der Waals surface area contributed by atoms with Gasteiger partial charge in [0.2, 0.25) is 11.8 Å². The summed E-state index contributed by atoms with van der Waals surface area (Å²) in [5, 5.41) is 5.87. The van der Waals surface area contributed by atoms with E-state index in [9.17, 15) is 9.59 Å². The molecule has 0 radical (unpaired) electrons. The first-order chi connectivity index (χ1) is 12.7. The van der Waals surface area contributed by atoms with Gasteiger partial charge in [0.25, 0.3) is 0 Å². The van der Waals surface area contributed by atoms with Crippen LogP contribution in [0.3, 0.4) is 0 Å². The van der Waals surface area contributed by atoms with Gasteiger partial charge in [-0.2, -0.15) is 0 Å². The number of hydrogen-bond acceptors (Lipinski definition) is 2. The Morgan fingerprint density at radius 3 is 2.31 bits per heavy atom. The third-order valence-corrected chi connectivity index (χ3v) is 4.88. The summed E-state index contributed by atoms with van der Waals surface area (Å²) < 4.78 is 0. The summed E-state index contributed by atoms with van der Waals surface area (Å²) in [7, 11) is 0. The van der Waals surface area contributed by atoms with Gasteiger partial charge in [0.1, 0.15) is 0 Å². The van der Waals surface area contributed by atoms with Crippen molar-refractivity contribution in [3.8, 4) is 0 Å². The molecule has 2 unspecified atom stereocenters. The van der Waals surface area contributed by atoms with Crippen molar-refractivity contribution in [2.24, 2.45) is 11.8 Å². The van der Waals surface area contributed by atoms with Gasteiger partial charge in [0.15, 0.2) is 0 Å². The highest BCUT2D eigenvalue weighted by atomic mass is 16.2. The first-order valence-corrected chi connectivity index (χ1v) is 9.39. The van der Waals surface area contributed by atoms with Crippen LogP contribution in [0.15, 0.2) is 54.6 Å². The van der Waals surface area contributed by atoms with Gasteiger partial charge in [-0.25, -0.2) is 0 Å². The Hall–Kier alpha value is -2.62. The second-order valence-electron chi connectivity index (χ2n) is 6.87. The molecule has 0 bridgehead atoms. The van der Waals surface area contributed by atoms with Gasteiger partial charge in [-0.3, -0.25) is 9.59 Å². The molecule has 2 aromatic carbocycles. The van der Waals surface area contributed by atoms with Gasteiger partial charge in [-0.05, 0) is 48.9 Å². The Morgan fingerprint density at radius 2 is 1.62 bits per heavy atom. The number of carbonyl (C=O) groups excluding carboxylic acids is 2. The number of hydrogen-bond donors (Lipinski definition) is 2. The van der Waals surface area contributed by atoms with Crippen molar-refractivity contribution in [1.29, 1.82) is 0 Å². The maximum atomic E-state index is 12.3. The highest BCUT2D eigenvalue weighted by Gasteiger charge is 2.47. The van der Waals surface area contributed by atoms with E-state index in [0.717, 1.165) is 24.9 Å². The summed E-state index contributed by atoms with van der Waals surface area (Å²) in [4.78, 5) is 24.4. The summed E-state index contributed by atoms with van der Waals surface area (Å²) in [6.07, 6.45) is 3.47. The van der Waals surface area contributed by atoms with Crippen LogP contribution in [-0.4, -0.2) is 18.4 Å². The van der Waals surface area contributed by atoms with Gasteiger partial charge in [-0.1, -0.05) is 49.4 Å².